The number of nitrogens with zero attached hydrogens (tertiary/aromatic N) is 2. The summed E-state index contributed by atoms with van der Waals surface area (Å²) < 4.78 is 5.20. The molecule has 1 aromatic heterocycles. The molecule has 9 heteroatoms. The molecule has 1 aromatic carbocycles. The van der Waals surface area contributed by atoms with Crippen LogP contribution in [-0.2, 0) is 9.59 Å². The van der Waals surface area contributed by atoms with Gasteiger partial charge in [-0.2, -0.15) is 0 Å². The van der Waals surface area contributed by atoms with Gasteiger partial charge in [0.15, 0.2) is 0 Å². The summed E-state index contributed by atoms with van der Waals surface area (Å²) >= 11 is 0. The Morgan fingerprint density at radius 3 is 2.73 bits per heavy atom. The number of carbonyl (C=O) groups excluding carboxylic acids is 3. The third kappa shape index (κ3) is 7.01. The fraction of sp³-hybridized carbons (Fsp3) is 0.417. The highest BCUT2D eigenvalue weighted by Crippen LogP contribution is 2.30. The highest BCUT2D eigenvalue weighted by molar-refractivity contribution is 5.95. The number of pyridine rings is 1. The van der Waals surface area contributed by atoms with E-state index >= 15 is 0 Å². The second kappa shape index (κ2) is 12.0. The summed E-state index contributed by atoms with van der Waals surface area (Å²) in [5.41, 5.74) is 2.07. The van der Waals surface area contributed by atoms with Crippen molar-refractivity contribution in [3.05, 3.63) is 48.3 Å². The van der Waals surface area contributed by atoms with Gasteiger partial charge in [-0.25, -0.2) is 5.06 Å². The summed E-state index contributed by atoms with van der Waals surface area (Å²) in [7, 11) is 1.56. The van der Waals surface area contributed by atoms with Gasteiger partial charge in [0.25, 0.3) is 5.91 Å². The van der Waals surface area contributed by atoms with Crippen molar-refractivity contribution in [2.75, 3.05) is 20.3 Å². The molecule has 3 amide bonds. The molecule has 9 nitrogen and oxygen atoms in total. The van der Waals surface area contributed by atoms with E-state index in [9.17, 15) is 19.6 Å². The van der Waals surface area contributed by atoms with Crippen LogP contribution < -0.4 is 15.4 Å². The zero-order valence-electron chi connectivity index (χ0n) is 18.7. The molecule has 1 aliphatic carbocycles. The third-order valence-corrected chi connectivity index (χ3v) is 5.91. The standard InChI is InChI=1S/C24H30N4O5/c1-33-22-11-20(12-25-13-22)18-7-4-8-19(10-18)23(30)26-15-27-24(31)21(14-28(32)16-29)9-17-5-2-3-6-17/h4,7-8,10-13,16-17,21,32H,2-3,5-6,9,14-15H2,1H3,(H,26,30)(H,27,31)/t21-/m1/s1. The molecule has 0 radical (unpaired) electrons. The monoisotopic (exact) mass is 454 g/mol. The molecule has 2 aromatic rings. The Labute approximate surface area is 193 Å². The minimum absolute atomic E-state index is 0.0592. The molecule has 1 heterocycles. The first kappa shape index (κ1) is 24.2. The van der Waals surface area contributed by atoms with Crippen LogP contribution in [0, 0.1) is 11.8 Å². The van der Waals surface area contributed by atoms with E-state index < -0.39 is 5.92 Å². The van der Waals surface area contributed by atoms with E-state index in [4.69, 9.17) is 4.74 Å². The highest BCUT2D eigenvalue weighted by Gasteiger charge is 2.26. The average Bonchev–Trinajstić information content (AvgIpc) is 3.36. The molecule has 1 atom stereocenters. The Hall–Kier alpha value is -3.46. The van der Waals surface area contributed by atoms with Gasteiger partial charge in [-0.15, -0.1) is 0 Å². The van der Waals surface area contributed by atoms with Gasteiger partial charge in [0.2, 0.25) is 12.3 Å². The van der Waals surface area contributed by atoms with Crippen LogP contribution in [-0.4, -0.2) is 53.8 Å². The summed E-state index contributed by atoms with van der Waals surface area (Å²) in [5.74, 6) is -0.155. The summed E-state index contributed by atoms with van der Waals surface area (Å²) in [6.45, 7) is -0.132. The molecular weight excluding hydrogens is 424 g/mol. The van der Waals surface area contributed by atoms with Crippen LogP contribution >= 0.6 is 0 Å². The van der Waals surface area contributed by atoms with Crippen LogP contribution in [0.4, 0.5) is 0 Å². The van der Waals surface area contributed by atoms with Gasteiger partial charge in [0.05, 0.1) is 32.4 Å². The average molecular weight is 455 g/mol. The highest BCUT2D eigenvalue weighted by atomic mass is 16.5. The minimum Gasteiger partial charge on any atom is -0.495 e. The summed E-state index contributed by atoms with van der Waals surface area (Å²) in [4.78, 5) is 40.2. The molecule has 3 N–H and O–H groups in total. The second-order valence-electron chi connectivity index (χ2n) is 8.23. The lowest BCUT2D eigenvalue weighted by molar-refractivity contribution is -0.155. The van der Waals surface area contributed by atoms with Crippen LogP contribution in [0.1, 0.15) is 42.5 Å². The number of hydrogen-bond donors (Lipinski definition) is 3. The topological polar surface area (TPSA) is 121 Å². The number of nitrogens with one attached hydrogen (secondary N) is 2. The fourth-order valence-corrected chi connectivity index (χ4v) is 4.17. The lowest BCUT2D eigenvalue weighted by Gasteiger charge is -2.22. The first-order chi connectivity index (χ1) is 16.0. The van der Waals surface area contributed by atoms with E-state index in [0.29, 0.717) is 35.1 Å². The number of aromatic nitrogens is 1. The lowest BCUT2D eigenvalue weighted by atomic mass is 9.92. The third-order valence-electron chi connectivity index (χ3n) is 5.91. The molecule has 1 saturated carbocycles. The number of hydroxylamine groups is 2. The van der Waals surface area contributed by atoms with E-state index in [1.54, 1.807) is 37.7 Å². The smallest absolute Gasteiger partial charge is 0.252 e. The van der Waals surface area contributed by atoms with Crippen LogP contribution in [0.2, 0.25) is 0 Å². The number of carbonyl (C=O) groups is 3. The van der Waals surface area contributed by atoms with E-state index in [2.05, 4.69) is 15.6 Å². The molecule has 176 valence electrons. The number of benzene rings is 1. The Balaban J connectivity index is 1.56. The quantitative estimate of drug-likeness (QED) is 0.208. The van der Waals surface area contributed by atoms with E-state index in [1.165, 1.54) is 0 Å². The van der Waals surface area contributed by atoms with Crippen molar-refractivity contribution < 1.29 is 24.3 Å². The number of amides is 3. The molecule has 1 fully saturated rings. The predicted octanol–water partition coefficient (Wildman–Crippen LogP) is 2.60. The molecule has 1 aliphatic rings. The van der Waals surface area contributed by atoms with Crippen molar-refractivity contribution in [1.82, 2.24) is 20.7 Å². The molecule has 0 aliphatic heterocycles. The Bertz CT molecular complexity index is 961. The summed E-state index contributed by atoms with van der Waals surface area (Å²) in [5, 5.41) is 15.5. The molecule has 0 unspecified atom stereocenters. The Morgan fingerprint density at radius 2 is 2.00 bits per heavy atom. The first-order valence-corrected chi connectivity index (χ1v) is 11.1. The van der Waals surface area contributed by atoms with Crippen LogP contribution in [0.3, 0.4) is 0 Å². The lowest BCUT2D eigenvalue weighted by Crippen LogP contribution is -2.43. The Kier molecular flexibility index (Phi) is 8.77. The number of methoxy groups -OCH3 is 1. The second-order valence-corrected chi connectivity index (χ2v) is 8.23. The molecule has 0 spiro atoms. The van der Waals surface area contributed by atoms with Crippen molar-refractivity contribution in [2.45, 2.75) is 32.1 Å². The molecular formula is C24H30N4O5. The number of rotatable bonds is 11. The fourth-order valence-electron chi connectivity index (χ4n) is 4.17. The number of ether oxygens (including phenoxy) is 1. The van der Waals surface area contributed by atoms with E-state index in [-0.39, 0.29) is 25.0 Å². The molecule has 0 bridgehead atoms. The Morgan fingerprint density at radius 1 is 1.21 bits per heavy atom. The number of hydrogen-bond acceptors (Lipinski definition) is 6. The normalized spacial score (nSPS) is 14.4. The predicted molar refractivity (Wildman–Crippen MR) is 121 cm³/mol. The molecule has 3 rings (SSSR count). The van der Waals surface area contributed by atoms with Crippen molar-refractivity contribution in [3.8, 4) is 16.9 Å². The summed E-state index contributed by atoms with van der Waals surface area (Å²) in [6, 6.07) is 8.90. The van der Waals surface area contributed by atoms with Crippen LogP contribution in [0.25, 0.3) is 11.1 Å². The van der Waals surface area contributed by atoms with Crippen molar-refractivity contribution >= 4 is 18.2 Å². The van der Waals surface area contributed by atoms with Crippen LogP contribution in [0.15, 0.2) is 42.7 Å². The van der Waals surface area contributed by atoms with Gasteiger partial charge in [-0.05, 0) is 36.1 Å². The minimum atomic E-state index is -0.538. The van der Waals surface area contributed by atoms with Gasteiger partial charge < -0.3 is 15.4 Å². The first-order valence-electron chi connectivity index (χ1n) is 11.1. The van der Waals surface area contributed by atoms with Gasteiger partial charge in [0.1, 0.15) is 5.75 Å². The largest absolute Gasteiger partial charge is 0.495 e. The summed E-state index contributed by atoms with van der Waals surface area (Å²) in [6.07, 6.45) is 8.55. The van der Waals surface area contributed by atoms with Gasteiger partial charge in [0, 0.05) is 17.3 Å². The van der Waals surface area contributed by atoms with Crippen molar-refractivity contribution in [3.63, 3.8) is 0 Å². The zero-order chi connectivity index (χ0) is 23.6. The molecule has 33 heavy (non-hydrogen) atoms. The van der Waals surface area contributed by atoms with E-state index in [0.717, 1.165) is 36.8 Å². The molecule has 0 saturated heterocycles. The van der Waals surface area contributed by atoms with Gasteiger partial charge >= 0.3 is 0 Å². The van der Waals surface area contributed by atoms with Gasteiger partial charge in [-0.1, -0.05) is 37.8 Å². The zero-order valence-corrected chi connectivity index (χ0v) is 18.7. The van der Waals surface area contributed by atoms with Crippen molar-refractivity contribution in [2.24, 2.45) is 11.8 Å². The van der Waals surface area contributed by atoms with Gasteiger partial charge in [-0.3, -0.25) is 24.6 Å². The van der Waals surface area contributed by atoms with Crippen LogP contribution in [0.5, 0.6) is 5.75 Å². The maximum Gasteiger partial charge on any atom is 0.252 e. The van der Waals surface area contributed by atoms with Crippen molar-refractivity contribution in [1.29, 1.82) is 0 Å². The maximum atomic E-state index is 12.7. The maximum absolute atomic E-state index is 12.7. The SMILES string of the molecule is COc1cncc(-c2cccc(C(=O)NCNC(=O)[C@H](CC3CCCC3)CN(O)C=O)c2)c1. The van der Waals surface area contributed by atoms with E-state index in [1.807, 2.05) is 12.1 Å².